The van der Waals surface area contributed by atoms with Gasteiger partial charge in [0.1, 0.15) is 0 Å². The highest BCUT2D eigenvalue weighted by molar-refractivity contribution is 5.66. The lowest BCUT2D eigenvalue weighted by Gasteiger charge is -2.59. The van der Waals surface area contributed by atoms with E-state index in [9.17, 15) is 15.0 Å². The molecule has 0 spiro atoms. The SMILES string of the molecule is C[C@H](CCC(=O)O)[C@H]1CC[C@H]2[C@@H]3[C@H](O)C=C4C[C@H](O)CC[C@]4(C)[C@H]3CC[C@]12C. The van der Waals surface area contributed by atoms with Crippen molar-refractivity contribution in [3.05, 3.63) is 11.6 Å². The van der Waals surface area contributed by atoms with Crippen molar-refractivity contribution in [2.45, 2.75) is 90.8 Å². The lowest BCUT2D eigenvalue weighted by atomic mass is 9.46. The summed E-state index contributed by atoms with van der Waals surface area (Å²) in [4.78, 5) is 11.0. The van der Waals surface area contributed by atoms with Gasteiger partial charge in [-0.2, -0.15) is 0 Å². The summed E-state index contributed by atoms with van der Waals surface area (Å²) in [5.74, 6) is 1.66. The summed E-state index contributed by atoms with van der Waals surface area (Å²) in [6.45, 7) is 7.06. The first kappa shape index (κ1) is 20.4. The van der Waals surface area contributed by atoms with Crippen LogP contribution in [0.4, 0.5) is 0 Å². The maximum absolute atomic E-state index is 11.2. The van der Waals surface area contributed by atoms with Crippen LogP contribution in [0.5, 0.6) is 0 Å². The van der Waals surface area contributed by atoms with Crippen molar-refractivity contribution in [1.82, 2.24) is 0 Å². The maximum atomic E-state index is 11.2. The van der Waals surface area contributed by atoms with Crippen molar-refractivity contribution >= 4 is 5.97 Å². The molecule has 3 N–H and O–H groups in total. The molecule has 0 heterocycles. The van der Waals surface area contributed by atoms with Crippen LogP contribution in [-0.2, 0) is 4.79 Å². The molecule has 158 valence electrons. The van der Waals surface area contributed by atoms with Gasteiger partial charge in [-0.1, -0.05) is 32.4 Å². The normalized spacial score (nSPS) is 48.8. The molecule has 0 radical (unpaired) electrons. The Morgan fingerprint density at radius 1 is 1.14 bits per heavy atom. The van der Waals surface area contributed by atoms with Gasteiger partial charge < -0.3 is 15.3 Å². The van der Waals surface area contributed by atoms with Crippen molar-refractivity contribution in [3.63, 3.8) is 0 Å². The Morgan fingerprint density at radius 2 is 1.89 bits per heavy atom. The second-order valence-corrected chi connectivity index (χ2v) is 10.9. The first-order chi connectivity index (χ1) is 13.2. The molecule has 0 saturated heterocycles. The fourth-order valence-electron chi connectivity index (χ4n) is 8.16. The number of aliphatic carboxylic acids is 1. The van der Waals surface area contributed by atoms with Crippen molar-refractivity contribution in [3.8, 4) is 0 Å². The van der Waals surface area contributed by atoms with Gasteiger partial charge in [0.25, 0.3) is 0 Å². The Bertz CT molecular complexity index is 657. The van der Waals surface area contributed by atoms with Gasteiger partial charge in [-0.25, -0.2) is 0 Å². The van der Waals surface area contributed by atoms with E-state index in [1.165, 1.54) is 24.8 Å². The summed E-state index contributed by atoms with van der Waals surface area (Å²) in [6.07, 6.45) is 9.82. The molecular weight excluding hydrogens is 352 g/mol. The van der Waals surface area contributed by atoms with Crippen LogP contribution >= 0.6 is 0 Å². The summed E-state index contributed by atoms with van der Waals surface area (Å²) in [7, 11) is 0. The Labute approximate surface area is 169 Å². The van der Waals surface area contributed by atoms with Crippen LogP contribution in [-0.4, -0.2) is 33.5 Å². The van der Waals surface area contributed by atoms with Gasteiger partial charge in [0, 0.05) is 6.42 Å². The fraction of sp³-hybridized carbons (Fsp3) is 0.875. The number of carboxylic acids is 1. The summed E-state index contributed by atoms with van der Waals surface area (Å²) in [6, 6.07) is 0. The average molecular weight is 391 g/mol. The Hall–Kier alpha value is -0.870. The molecule has 0 aliphatic heterocycles. The molecule has 28 heavy (non-hydrogen) atoms. The summed E-state index contributed by atoms with van der Waals surface area (Å²) >= 11 is 0. The Kier molecular flexibility index (Phi) is 5.19. The number of hydrogen-bond donors (Lipinski definition) is 3. The van der Waals surface area contributed by atoms with E-state index in [0.717, 1.165) is 32.1 Å². The highest BCUT2D eigenvalue weighted by Crippen LogP contribution is 2.67. The van der Waals surface area contributed by atoms with Gasteiger partial charge in [0.15, 0.2) is 0 Å². The molecule has 0 aromatic heterocycles. The van der Waals surface area contributed by atoms with Gasteiger partial charge in [0.05, 0.1) is 12.2 Å². The first-order valence-electron chi connectivity index (χ1n) is 11.5. The van der Waals surface area contributed by atoms with Gasteiger partial charge in [-0.15, -0.1) is 0 Å². The van der Waals surface area contributed by atoms with Crippen LogP contribution in [0, 0.1) is 40.4 Å². The molecule has 0 aromatic carbocycles. The zero-order chi connectivity index (χ0) is 20.3. The number of carboxylic acid groups (broad SMARTS) is 1. The maximum Gasteiger partial charge on any atom is 0.303 e. The summed E-state index contributed by atoms with van der Waals surface area (Å²) in [5, 5.41) is 30.4. The predicted molar refractivity (Wildman–Crippen MR) is 109 cm³/mol. The topological polar surface area (TPSA) is 77.8 Å². The molecule has 3 fully saturated rings. The van der Waals surface area contributed by atoms with E-state index in [4.69, 9.17) is 5.11 Å². The van der Waals surface area contributed by atoms with E-state index >= 15 is 0 Å². The molecule has 4 heteroatoms. The van der Waals surface area contributed by atoms with Gasteiger partial charge in [-0.3, -0.25) is 4.79 Å². The molecule has 4 nitrogen and oxygen atoms in total. The van der Waals surface area contributed by atoms with Crippen LogP contribution in [0.15, 0.2) is 11.6 Å². The van der Waals surface area contributed by atoms with Gasteiger partial charge >= 0.3 is 5.97 Å². The molecule has 9 atom stereocenters. The quantitative estimate of drug-likeness (QED) is 0.622. The van der Waals surface area contributed by atoms with Crippen LogP contribution in [0.3, 0.4) is 0 Å². The third kappa shape index (κ3) is 3.06. The second-order valence-electron chi connectivity index (χ2n) is 10.9. The second kappa shape index (κ2) is 7.12. The zero-order valence-corrected chi connectivity index (χ0v) is 17.7. The van der Waals surface area contributed by atoms with E-state index in [1.807, 2.05) is 0 Å². The molecule has 0 unspecified atom stereocenters. The minimum atomic E-state index is -0.692. The van der Waals surface area contributed by atoms with Crippen LogP contribution < -0.4 is 0 Å². The minimum absolute atomic E-state index is 0.136. The molecule has 3 saturated carbocycles. The third-order valence-electron chi connectivity index (χ3n) is 9.68. The predicted octanol–water partition coefficient (Wildman–Crippen LogP) is 4.40. The highest BCUT2D eigenvalue weighted by Gasteiger charge is 2.61. The zero-order valence-electron chi connectivity index (χ0n) is 17.7. The lowest BCUT2D eigenvalue weighted by molar-refractivity contribution is -0.137. The van der Waals surface area contributed by atoms with Gasteiger partial charge in [-0.05, 0) is 91.8 Å². The van der Waals surface area contributed by atoms with Crippen molar-refractivity contribution < 1.29 is 20.1 Å². The number of fused-ring (bicyclic) bond motifs is 5. The fourth-order valence-corrected chi connectivity index (χ4v) is 8.16. The monoisotopic (exact) mass is 390 g/mol. The molecule has 4 rings (SSSR count). The minimum Gasteiger partial charge on any atom is -0.481 e. The molecule has 0 aromatic rings. The number of rotatable bonds is 4. The largest absolute Gasteiger partial charge is 0.481 e. The Balaban J connectivity index is 1.59. The van der Waals surface area contributed by atoms with E-state index in [-0.39, 0.29) is 23.4 Å². The van der Waals surface area contributed by atoms with Crippen LogP contribution in [0.2, 0.25) is 0 Å². The first-order valence-corrected chi connectivity index (χ1v) is 11.5. The highest BCUT2D eigenvalue weighted by atomic mass is 16.4. The molecule has 0 amide bonds. The average Bonchev–Trinajstić information content (AvgIpc) is 2.98. The number of aliphatic hydroxyl groups excluding tert-OH is 2. The molecular formula is C24H38O4. The number of hydrogen-bond acceptors (Lipinski definition) is 3. The smallest absolute Gasteiger partial charge is 0.303 e. The summed E-state index contributed by atoms with van der Waals surface area (Å²) < 4.78 is 0. The molecule has 0 bridgehead atoms. The van der Waals surface area contributed by atoms with Crippen molar-refractivity contribution in [1.29, 1.82) is 0 Å². The standard InChI is InChI=1S/C24H38O4/c1-14(4-7-21(27)28)17-5-6-18-22-19(9-11-24(17,18)3)23(2)10-8-16(25)12-15(23)13-20(22)26/h13-14,16-20,22,25-26H,4-12H2,1-3H3,(H,27,28)/t14-,16-,17-,18+,19+,20-,22+,23+,24-/m1/s1. The van der Waals surface area contributed by atoms with E-state index < -0.39 is 12.1 Å². The Morgan fingerprint density at radius 3 is 2.61 bits per heavy atom. The summed E-state index contributed by atoms with van der Waals surface area (Å²) in [5.41, 5.74) is 1.65. The molecule has 4 aliphatic rings. The van der Waals surface area contributed by atoms with Crippen molar-refractivity contribution in [2.24, 2.45) is 40.4 Å². The molecule has 4 aliphatic carbocycles. The van der Waals surface area contributed by atoms with Crippen LogP contribution in [0.1, 0.15) is 78.6 Å². The number of aliphatic hydroxyl groups is 2. The third-order valence-corrected chi connectivity index (χ3v) is 9.68. The lowest BCUT2D eigenvalue weighted by Crippen LogP contribution is -2.54. The van der Waals surface area contributed by atoms with Crippen LogP contribution in [0.25, 0.3) is 0 Å². The van der Waals surface area contributed by atoms with E-state index in [0.29, 0.717) is 29.6 Å². The van der Waals surface area contributed by atoms with E-state index in [2.05, 4.69) is 26.8 Å². The number of carbonyl (C=O) groups is 1. The van der Waals surface area contributed by atoms with Crippen molar-refractivity contribution in [2.75, 3.05) is 0 Å². The van der Waals surface area contributed by atoms with E-state index in [1.54, 1.807) is 0 Å². The van der Waals surface area contributed by atoms with Gasteiger partial charge in [0.2, 0.25) is 0 Å².